The molecule has 0 aromatic heterocycles. The summed E-state index contributed by atoms with van der Waals surface area (Å²) in [4.78, 5) is 24.6. The highest BCUT2D eigenvalue weighted by molar-refractivity contribution is 5.83. The SMILES string of the molecule is Cc1ccc(C(C)C)c(CC2=CC(C)(C(=O)O)C(C3CC3)C(C(=O)O)(C(F)F)C2)c1. The van der Waals surface area contributed by atoms with E-state index in [4.69, 9.17) is 0 Å². The Kier molecular flexibility index (Phi) is 5.82. The second kappa shape index (κ2) is 7.78. The van der Waals surface area contributed by atoms with Crippen LogP contribution in [0.2, 0.25) is 0 Å². The smallest absolute Gasteiger partial charge is 0.316 e. The third kappa shape index (κ3) is 3.65. The Hall–Kier alpha value is -2.24. The van der Waals surface area contributed by atoms with Crippen LogP contribution >= 0.6 is 0 Å². The normalized spacial score (nSPS) is 29.2. The van der Waals surface area contributed by atoms with E-state index in [1.807, 2.05) is 39.0 Å². The van der Waals surface area contributed by atoms with Gasteiger partial charge in [-0.25, -0.2) is 8.78 Å². The van der Waals surface area contributed by atoms with Gasteiger partial charge in [-0.3, -0.25) is 9.59 Å². The summed E-state index contributed by atoms with van der Waals surface area (Å²) in [5, 5.41) is 20.0. The zero-order valence-electron chi connectivity index (χ0n) is 17.9. The number of rotatable bonds is 7. The summed E-state index contributed by atoms with van der Waals surface area (Å²) in [7, 11) is 0. The lowest BCUT2D eigenvalue weighted by Crippen LogP contribution is -2.56. The van der Waals surface area contributed by atoms with Crippen LogP contribution in [0.4, 0.5) is 8.78 Å². The third-order valence-electron chi connectivity index (χ3n) is 6.90. The molecule has 3 atom stereocenters. The highest BCUT2D eigenvalue weighted by Crippen LogP contribution is 2.62. The molecule has 3 rings (SSSR count). The number of allylic oxidation sites excluding steroid dienone is 1. The lowest BCUT2D eigenvalue weighted by molar-refractivity contribution is -0.181. The highest BCUT2D eigenvalue weighted by Gasteiger charge is 2.66. The van der Waals surface area contributed by atoms with Crippen molar-refractivity contribution >= 4 is 11.9 Å². The van der Waals surface area contributed by atoms with Crippen molar-refractivity contribution in [3.05, 3.63) is 46.5 Å². The minimum atomic E-state index is -3.15. The quantitative estimate of drug-likeness (QED) is 0.576. The van der Waals surface area contributed by atoms with Crippen molar-refractivity contribution in [3.63, 3.8) is 0 Å². The molecule has 0 bridgehead atoms. The highest BCUT2D eigenvalue weighted by atomic mass is 19.3. The minimum absolute atomic E-state index is 0.203. The Morgan fingerprint density at radius 2 is 1.80 bits per heavy atom. The molecule has 164 valence electrons. The summed E-state index contributed by atoms with van der Waals surface area (Å²) < 4.78 is 28.9. The van der Waals surface area contributed by atoms with Crippen LogP contribution in [0.25, 0.3) is 0 Å². The Morgan fingerprint density at radius 3 is 2.27 bits per heavy atom. The summed E-state index contributed by atoms with van der Waals surface area (Å²) in [6.07, 6.45) is -0.437. The number of aliphatic carboxylic acids is 2. The topological polar surface area (TPSA) is 74.6 Å². The van der Waals surface area contributed by atoms with Crippen LogP contribution in [0, 0.1) is 29.6 Å². The molecule has 0 saturated heterocycles. The Balaban J connectivity index is 2.15. The van der Waals surface area contributed by atoms with Crippen molar-refractivity contribution in [2.45, 2.75) is 65.7 Å². The molecule has 2 N–H and O–H groups in total. The van der Waals surface area contributed by atoms with Crippen LogP contribution in [-0.2, 0) is 16.0 Å². The maximum Gasteiger partial charge on any atom is 0.316 e. The standard InChI is InChI=1S/C24H30F2O4/c1-13(2)18-8-5-14(3)9-17(18)10-15-11-23(4,21(27)28)19(16-6-7-16)24(12-15,20(25)26)22(29)30/h5,8-9,11,13,16,19-20H,6-7,10,12H2,1-4H3,(H,27,28)(H,29,30). The fraction of sp³-hybridized carbons (Fsp3) is 0.583. The summed E-state index contributed by atoms with van der Waals surface area (Å²) in [6.45, 7) is 7.43. The summed E-state index contributed by atoms with van der Waals surface area (Å²) >= 11 is 0. The second-order valence-corrected chi connectivity index (χ2v) is 9.56. The fourth-order valence-electron chi connectivity index (χ4n) is 5.44. The predicted molar refractivity (Wildman–Crippen MR) is 110 cm³/mol. The first kappa shape index (κ1) is 22.4. The molecular weight excluding hydrogens is 390 g/mol. The third-order valence-corrected chi connectivity index (χ3v) is 6.90. The molecule has 0 spiro atoms. The van der Waals surface area contributed by atoms with Gasteiger partial charge in [-0.05, 0) is 62.5 Å². The molecule has 6 heteroatoms. The van der Waals surface area contributed by atoms with Crippen molar-refractivity contribution in [1.82, 2.24) is 0 Å². The average Bonchev–Trinajstić information content (AvgIpc) is 3.44. The number of hydrogen-bond acceptors (Lipinski definition) is 2. The summed E-state index contributed by atoms with van der Waals surface area (Å²) in [5.41, 5.74) is -0.567. The van der Waals surface area contributed by atoms with Gasteiger partial charge in [0.15, 0.2) is 0 Å². The van der Waals surface area contributed by atoms with Crippen LogP contribution in [-0.4, -0.2) is 28.6 Å². The Morgan fingerprint density at radius 1 is 1.17 bits per heavy atom. The van der Waals surface area contributed by atoms with E-state index in [9.17, 15) is 28.6 Å². The summed E-state index contributed by atoms with van der Waals surface area (Å²) in [5.74, 6) is -4.07. The van der Waals surface area contributed by atoms with E-state index in [1.165, 1.54) is 6.92 Å². The maximum atomic E-state index is 14.5. The number of alkyl halides is 2. The molecule has 2 aliphatic rings. The van der Waals surface area contributed by atoms with Gasteiger partial charge in [0.2, 0.25) is 0 Å². The van der Waals surface area contributed by atoms with Crippen molar-refractivity contribution in [1.29, 1.82) is 0 Å². The molecule has 0 heterocycles. The number of carboxylic acid groups (broad SMARTS) is 2. The lowest BCUT2D eigenvalue weighted by atomic mass is 9.54. The molecule has 3 unspecified atom stereocenters. The van der Waals surface area contributed by atoms with Gasteiger partial charge in [0.1, 0.15) is 5.41 Å². The van der Waals surface area contributed by atoms with Crippen LogP contribution < -0.4 is 0 Å². The molecule has 1 aromatic rings. The molecule has 1 fully saturated rings. The van der Waals surface area contributed by atoms with E-state index in [-0.39, 0.29) is 24.7 Å². The van der Waals surface area contributed by atoms with Gasteiger partial charge in [0.05, 0.1) is 5.41 Å². The maximum absolute atomic E-state index is 14.5. The van der Waals surface area contributed by atoms with E-state index in [0.29, 0.717) is 18.4 Å². The largest absolute Gasteiger partial charge is 0.481 e. The molecule has 30 heavy (non-hydrogen) atoms. The number of carboxylic acids is 2. The van der Waals surface area contributed by atoms with Crippen LogP contribution in [0.5, 0.6) is 0 Å². The van der Waals surface area contributed by atoms with Gasteiger partial charge >= 0.3 is 11.9 Å². The second-order valence-electron chi connectivity index (χ2n) is 9.56. The monoisotopic (exact) mass is 420 g/mol. The van der Waals surface area contributed by atoms with Crippen molar-refractivity contribution < 1.29 is 28.6 Å². The molecular formula is C24H30F2O4. The first-order chi connectivity index (χ1) is 13.9. The van der Waals surface area contributed by atoms with E-state index >= 15 is 0 Å². The van der Waals surface area contributed by atoms with E-state index in [0.717, 1.165) is 16.7 Å². The van der Waals surface area contributed by atoms with Crippen LogP contribution in [0.1, 0.15) is 62.6 Å². The van der Waals surface area contributed by atoms with Gasteiger partial charge in [0.25, 0.3) is 6.43 Å². The predicted octanol–water partition coefficient (Wildman–Crippen LogP) is 5.44. The fourth-order valence-corrected chi connectivity index (χ4v) is 5.44. The number of aryl methyl sites for hydroxylation is 1. The minimum Gasteiger partial charge on any atom is -0.481 e. The zero-order chi connectivity index (χ0) is 22.4. The first-order valence-corrected chi connectivity index (χ1v) is 10.5. The number of halogens is 2. The summed E-state index contributed by atoms with van der Waals surface area (Å²) in [6, 6.07) is 5.96. The van der Waals surface area contributed by atoms with Gasteiger partial charge in [-0.1, -0.05) is 49.3 Å². The van der Waals surface area contributed by atoms with Crippen LogP contribution in [0.3, 0.4) is 0 Å². The van der Waals surface area contributed by atoms with Crippen molar-refractivity contribution in [2.75, 3.05) is 0 Å². The molecule has 0 aliphatic heterocycles. The van der Waals surface area contributed by atoms with Gasteiger partial charge in [-0.15, -0.1) is 0 Å². The van der Waals surface area contributed by atoms with Gasteiger partial charge in [0, 0.05) is 5.92 Å². The van der Waals surface area contributed by atoms with Crippen molar-refractivity contribution in [2.24, 2.45) is 22.7 Å². The van der Waals surface area contributed by atoms with E-state index in [1.54, 1.807) is 6.08 Å². The van der Waals surface area contributed by atoms with Crippen LogP contribution in [0.15, 0.2) is 29.8 Å². The number of benzene rings is 1. The molecule has 2 aliphatic carbocycles. The molecule has 4 nitrogen and oxygen atoms in total. The Bertz CT molecular complexity index is 887. The van der Waals surface area contributed by atoms with Gasteiger partial charge < -0.3 is 10.2 Å². The molecule has 0 amide bonds. The number of hydrogen-bond donors (Lipinski definition) is 2. The molecule has 1 saturated carbocycles. The Labute approximate surface area is 176 Å². The molecule has 0 radical (unpaired) electrons. The first-order valence-electron chi connectivity index (χ1n) is 10.5. The average molecular weight is 420 g/mol. The lowest BCUT2D eigenvalue weighted by Gasteiger charge is -2.48. The van der Waals surface area contributed by atoms with Crippen molar-refractivity contribution in [3.8, 4) is 0 Å². The zero-order valence-corrected chi connectivity index (χ0v) is 17.9. The van der Waals surface area contributed by atoms with E-state index in [2.05, 4.69) is 0 Å². The number of carbonyl (C=O) groups is 2. The van der Waals surface area contributed by atoms with Gasteiger partial charge in [-0.2, -0.15) is 0 Å². The van der Waals surface area contributed by atoms with E-state index < -0.39 is 35.1 Å². The molecule has 1 aromatic carbocycles.